The Balaban J connectivity index is 3.05. The number of hydrogen-bond acceptors (Lipinski definition) is 4. The fourth-order valence-corrected chi connectivity index (χ4v) is 1.42. The summed E-state index contributed by atoms with van der Waals surface area (Å²) in [6.07, 6.45) is 0.807. The van der Waals surface area contributed by atoms with Gasteiger partial charge in [-0.1, -0.05) is 13.8 Å². The van der Waals surface area contributed by atoms with Gasteiger partial charge in [-0.15, -0.1) is 0 Å². The van der Waals surface area contributed by atoms with Gasteiger partial charge in [0, 0.05) is 11.8 Å². The van der Waals surface area contributed by atoms with Gasteiger partial charge in [0.2, 0.25) is 5.88 Å². The topological polar surface area (TPSA) is 48.4 Å². The third-order valence-corrected chi connectivity index (χ3v) is 2.10. The third kappa shape index (κ3) is 3.22. The molecule has 0 saturated heterocycles. The summed E-state index contributed by atoms with van der Waals surface area (Å²) in [6.45, 7) is 4.19. The molecule has 0 radical (unpaired) electrons. The summed E-state index contributed by atoms with van der Waals surface area (Å²) in [5, 5.41) is 0. The summed E-state index contributed by atoms with van der Waals surface area (Å²) in [5.74, 6) is 0.550. The van der Waals surface area contributed by atoms with Gasteiger partial charge in [0.1, 0.15) is 0 Å². The SMILES string of the molecule is COC(=O)c1cc(CC(C)C)nc(OC)c1. The van der Waals surface area contributed by atoms with Gasteiger partial charge in [0.25, 0.3) is 0 Å². The molecule has 0 atom stereocenters. The number of methoxy groups -OCH3 is 2. The average molecular weight is 223 g/mol. The van der Waals surface area contributed by atoms with Gasteiger partial charge in [0.15, 0.2) is 0 Å². The van der Waals surface area contributed by atoms with Gasteiger partial charge < -0.3 is 9.47 Å². The maximum atomic E-state index is 11.4. The number of ether oxygens (including phenoxy) is 2. The fourth-order valence-electron chi connectivity index (χ4n) is 1.42. The van der Waals surface area contributed by atoms with E-state index in [9.17, 15) is 4.79 Å². The molecule has 0 aliphatic carbocycles. The molecule has 0 aliphatic heterocycles. The lowest BCUT2D eigenvalue weighted by Crippen LogP contribution is -2.06. The van der Waals surface area contributed by atoms with Crippen molar-refractivity contribution >= 4 is 5.97 Å². The summed E-state index contributed by atoms with van der Waals surface area (Å²) >= 11 is 0. The number of carbonyl (C=O) groups excluding carboxylic acids is 1. The third-order valence-electron chi connectivity index (χ3n) is 2.10. The Kier molecular flexibility index (Phi) is 4.28. The predicted octanol–water partition coefficient (Wildman–Crippen LogP) is 2.08. The van der Waals surface area contributed by atoms with Gasteiger partial charge in [-0.3, -0.25) is 0 Å². The van der Waals surface area contributed by atoms with Crippen LogP contribution in [0.25, 0.3) is 0 Å². The lowest BCUT2D eigenvalue weighted by molar-refractivity contribution is 0.0600. The van der Waals surface area contributed by atoms with E-state index in [2.05, 4.69) is 23.6 Å². The fraction of sp³-hybridized carbons (Fsp3) is 0.500. The van der Waals surface area contributed by atoms with E-state index in [0.29, 0.717) is 17.4 Å². The molecule has 1 rings (SSSR count). The molecule has 0 unspecified atom stereocenters. The van der Waals surface area contributed by atoms with Crippen molar-refractivity contribution in [3.8, 4) is 5.88 Å². The van der Waals surface area contributed by atoms with E-state index in [1.54, 1.807) is 12.1 Å². The highest BCUT2D eigenvalue weighted by Gasteiger charge is 2.11. The van der Waals surface area contributed by atoms with Gasteiger partial charge >= 0.3 is 5.97 Å². The molecule has 1 heterocycles. The van der Waals surface area contributed by atoms with Crippen molar-refractivity contribution in [1.82, 2.24) is 4.98 Å². The Hall–Kier alpha value is -1.58. The molecular weight excluding hydrogens is 206 g/mol. The normalized spacial score (nSPS) is 10.3. The zero-order valence-electron chi connectivity index (χ0n) is 10.1. The van der Waals surface area contributed by atoms with Crippen LogP contribution in [0.2, 0.25) is 0 Å². The maximum absolute atomic E-state index is 11.4. The molecule has 0 fully saturated rings. The van der Waals surface area contributed by atoms with Crippen LogP contribution in [0.5, 0.6) is 5.88 Å². The molecular formula is C12H17NO3. The average Bonchev–Trinajstić information content (AvgIpc) is 2.26. The minimum atomic E-state index is -0.370. The number of nitrogens with zero attached hydrogens (tertiary/aromatic N) is 1. The highest BCUT2D eigenvalue weighted by atomic mass is 16.5. The molecule has 1 aromatic heterocycles. The van der Waals surface area contributed by atoms with E-state index in [0.717, 1.165) is 12.1 Å². The van der Waals surface area contributed by atoms with Crippen molar-refractivity contribution in [2.24, 2.45) is 5.92 Å². The number of aromatic nitrogens is 1. The monoisotopic (exact) mass is 223 g/mol. The number of hydrogen-bond donors (Lipinski definition) is 0. The van der Waals surface area contributed by atoms with Crippen LogP contribution in [-0.2, 0) is 11.2 Å². The molecule has 16 heavy (non-hydrogen) atoms. The Bertz CT molecular complexity index is 375. The summed E-state index contributed by atoms with van der Waals surface area (Å²) in [7, 11) is 2.89. The Morgan fingerprint density at radius 3 is 2.56 bits per heavy atom. The highest BCUT2D eigenvalue weighted by molar-refractivity contribution is 5.89. The molecule has 0 amide bonds. The largest absolute Gasteiger partial charge is 0.481 e. The molecule has 0 spiro atoms. The van der Waals surface area contributed by atoms with Gasteiger partial charge in [-0.05, 0) is 18.4 Å². The number of rotatable bonds is 4. The van der Waals surface area contributed by atoms with E-state index in [1.165, 1.54) is 14.2 Å². The number of esters is 1. The maximum Gasteiger partial charge on any atom is 0.338 e. The molecule has 0 saturated carbocycles. The van der Waals surface area contributed by atoms with Crippen molar-refractivity contribution < 1.29 is 14.3 Å². The van der Waals surface area contributed by atoms with Crippen LogP contribution in [0, 0.1) is 5.92 Å². The zero-order chi connectivity index (χ0) is 12.1. The van der Waals surface area contributed by atoms with Crippen LogP contribution < -0.4 is 4.74 Å². The standard InChI is InChI=1S/C12H17NO3/c1-8(2)5-10-6-9(12(14)16-4)7-11(13-10)15-3/h6-8H,5H2,1-4H3. The first-order valence-electron chi connectivity index (χ1n) is 5.20. The van der Waals surface area contributed by atoms with Crippen molar-refractivity contribution in [1.29, 1.82) is 0 Å². The van der Waals surface area contributed by atoms with Crippen LogP contribution in [-0.4, -0.2) is 25.2 Å². The van der Waals surface area contributed by atoms with Gasteiger partial charge in [0.05, 0.1) is 19.8 Å². The van der Waals surface area contributed by atoms with Crippen molar-refractivity contribution in [3.63, 3.8) is 0 Å². The summed E-state index contributed by atoms with van der Waals surface area (Å²) in [6, 6.07) is 3.32. The minimum absolute atomic E-state index is 0.370. The van der Waals surface area contributed by atoms with Crippen LogP contribution in [0.4, 0.5) is 0 Å². The second-order valence-corrected chi connectivity index (χ2v) is 3.98. The first-order chi connectivity index (χ1) is 7.56. The van der Waals surface area contributed by atoms with Gasteiger partial charge in [-0.25, -0.2) is 9.78 Å². The van der Waals surface area contributed by atoms with Crippen LogP contribution in [0.15, 0.2) is 12.1 Å². The highest BCUT2D eigenvalue weighted by Crippen LogP contribution is 2.15. The lowest BCUT2D eigenvalue weighted by atomic mass is 10.1. The second kappa shape index (κ2) is 5.49. The first kappa shape index (κ1) is 12.5. The Labute approximate surface area is 95.6 Å². The number of pyridine rings is 1. The van der Waals surface area contributed by atoms with E-state index >= 15 is 0 Å². The molecule has 4 nitrogen and oxygen atoms in total. The summed E-state index contributed by atoms with van der Waals surface area (Å²) in [5.41, 5.74) is 1.32. The van der Waals surface area contributed by atoms with Crippen LogP contribution >= 0.6 is 0 Å². The van der Waals surface area contributed by atoms with E-state index < -0.39 is 0 Å². The molecule has 0 bridgehead atoms. The molecule has 88 valence electrons. The van der Waals surface area contributed by atoms with Crippen molar-refractivity contribution in [3.05, 3.63) is 23.4 Å². The number of carbonyl (C=O) groups is 1. The molecule has 0 N–H and O–H groups in total. The smallest absolute Gasteiger partial charge is 0.338 e. The molecule has 4 heteroatoms. The van der Waals surface area contributed by atoms with E-state index in [-0.39, 0.29) is 5.97 Å². The zero-order valence-corrected chi connectivity index (χ0v) is 10.1. The van der Waals surface area contributed by atoms with Crippen LogP contribution in [0.1, 0.15) is 29.9 Å². The van der Waals surface area contributed by atoms with Crippen molar-refractivity contribution in [2.75, 3.05) is 14.2 Å². The molecule has 0 aromatic carbocycles. The van der Waals surface area contributed by atoms with Gasteiger partial charge in [-0.2, -0.15) is 0 Å². The van der Waals surface area contributed by atoms with Crippen molar-refractivity contribution in [2.45, 2.75) is 20.3 Å². The van der Waals surface area contributed by atoms with E-state index in [4.69, 9.17) is 4.74 Å². The lowest BCUT2D eigenvalue weighted by Gasteiger charge is -2.08. The molecule has 1 aromatic rings. The van der Waals surface area contributed by atoms with Crippen LogP contribution in [0.3, 0.4) is 0 Å². The summed E-state index contributed by atoms with van der Waals surface area (Å²) < 4.78 is 9.73. The Morgan fingerprint density at radius 1 is 1.38 bits per heavy atom. The Morgan fingerprint density at radius 2 is 2.06 bits per heavy atom. The first-order valence-corrected chi connectivity index (χ1v) is 5.20. The second-order valence-electron chi connectivity index (χ2n) is 3.98. The predicted molar refractivity (Wildman–Crippen MR) is 60.7 cm³/mol. The summed E-state index contributed by atoms with van der Waals surface area (Å²) in [4.78, 5) is 15.7. The van der Waals surface area contributed by atoms with E-state index in [1.807, 2.05) is 0 Å². The molecule has 0 aliphatic rings. The quantitative estimate of drug-likeness (QED) is 0.733. The minimum Gasteiger partial charge on any atom is -0.481 e.